The fourth-order valence-corrected chi connectivity index (χ4v) is 3.20. The first-order valence-corrected chi connectivity index (χ1v) is 9.11. The van der Waals surface area contributed by atoms with Crippen molar-refractivity contribution >= 4 is 23.5 Å². The lowest BCUT2D eigenvalue weighted by Gasteiger charge is -2.36. The van der Waals surface area contributed by atoms with Crippen LogP contribution in [0, 0.1) is 5.41 Å². The SMILES string of the molecule is COc1cc(OCCN2CCN(c3ccc(Cl)cc3)CC2)ccc1C=N. The van der Waals surface area contributed by atoms with Crippen molar-refractivity contribution in [2.45, 2.75) is 0 Å². The highest BCUT2D eigenvalue weighted by Crippen LogP contribution is 2.23. The number of hydrogen-bond donors (Lipinski definition) is 1. The van der Waals surface area contributed by atoms with E-state index in [4.69, 9.17) is 26.5 Å². The van der Waals surface area contributed by atoms with Crippen LogP contribution < -0.4 is 14.4 Å². The summed E-state index contributed by atoms with van der Waals surface area (Å²) in [6.07, 6.45) is 1.28. The maximum atomic E-state index is 7.36. The van der Waals surface area contributed by atoms with Crippen molar-refractivity contribution in [3.05, 3.63) is 53.1 Å². The van der Waals surface area contributed by atoms with E-state index in [0.29, 0.717) is 12.4 Å². The Labute approximate surface area is 159 Å². The summed E-state index contributed by atoms with van der Waals surface area (Å²) in [4.78, 5) is 4.80. The van der Waals surface area contributed by atoms with Gasteiger partial charge in [0, 0.05) is 61.3 Å². The van der Waals surface area contributed by atoms with Crippen molar-refractivity contribution in [3.63, 3.8) is 0 Å². The van der Waals surface area contributed by atoms with Crippen LogP contribution >= 0.6 is 11.6 Å². The van der Waals surface area contributed by atoms with E-state index in [9.17, 15) is 0 Å². The second kappa shape index (κ2) is 8.92. The van der Waals surface area contributed by atoms with Crippen molar-refractivity contribution in [2.75, 3.05) is 51.3 Å². The van der Waals surface area contributed by atoms with Crippen LogP contribution in [0.3, 0.4) is 0 Å². The number of hydrogen-bond acceptors (Lipinski definition) is 5. The molecule has 0 saturated carbocycles. The first kappa shape index (κ1) is 18.5. The second-order valence-electron chi connectivity index (χ2n) is 6.20. The minimum atomic E-state index is 0.633. The number of methoxy groups -OCH3 is 1. The molecule has 2 aromatic carbocycles. The highest BCUT2D eigenvalue weighted by atomic mass is 35.5. The van der Waals surface area contributed by atoms with E-state index in [1.54, 1.807) is 7.11 Å². The maximum absolute atomic E-state index is 7.36. The lowest BCUT2D eigenvalue weighted by molar-refractivity contribution is 0.200. The smallest absolute Gasteiger partial charge is 0.131 e. The van der Waals surface area contributed by atoms with Crippen LogP contribution in [-0.4, -0.2) is 57.6 Å². The molecule has 2 aromatic rings. The van der Waals surface area contributed by atoms with Crippen molar-refractivity contribution in [1.29, 1.82) is 5.41 Å². The highest BCUT2D eigenvalue weighted by molar-refractivity contribution is 6.30. The predicted molar refractivity (Wildman–Crippen MR) is 106 cm³/mol. The number of halogens is 1. The normalized spacial score (nSPS) is 14.9. The summed E-state index contributed by atoms with van der Waals surface area (Å²) in [6, 6.07) is 13.6. The van der Waals surface area contributed by atoms with E-state index in [1.807, 2.05) is 30.3 Å². The Balaban J connectivity index is 1.44. The number of nitrogens with zero attached hydrogens (tertiary/aromatic N) is 2. The third kappa shape index (κ3) is 4.68. The van der Waals surface area contributed by atoms with Crippen LogP contribution in [0.5, 0.6) is 11.5 Å². The molecule has 0 atom stereocenters. The van der Waals surface area contributed by atoms with Gasteiger partial charge in [-0.05, 0) is 36.4 Å². The molecule has 0 aromatic heterocycles. The van der Waals surface area contributed by atoms with Gasteiger partial charge in [-0.25, -0.2) is 0 Å². The van der Waals surface area contributed by atoms with Gasteiger partial charge < -0.3 is 19.8 Å². The van der Waals surface area contributed by atoms with E-state index in [1.165, 1.54) is 11.9 Å². The average Bonchev–Trinajstić information content (AvgIpc) is 2.69. The van der Waals surface area contributed by atoms with E-state index < -0.39 is 0 Å². The van der Waals surface area contributed by atoms with Crippen LogP contribution in [0.25, 0.3) is 0 Å². The first-order chi connectivity index (χ1) is 12.7. The third-order valence-corrected chi connectivity index (χ3v) is 4.85. The Morgan fingerprint density at radius 2 is 1.81 bits per heavy atom. The van der Waals surface area contributed by atoms with Gasteiger partial charge in [-0.3, -0.25) is 4.90 Å². The zero-order valence-electron chi connectivity index (χ0n) is 15.0. The number of benzene rings is 2. The Morgan fingerprint density at radius 3 is 2.46 bits per heavy atom. The zero-order valence-corrected chi connectivity index (χ0v) is 15.7. The minimum Gasteiger partial charge on any atom is -0.496 e. The molecule has 1 aliphatic rings. The lowest BCUT2D eigenvalue weighted by Crippen LogP contribution is -2.47. The molecular formula is C20H24ClN3O2. The molecule has 6 heteroatoms. The lowest BCUT2D eigenvalue weighted by atomic mass is 10.2. The van der Waals surface area contributed by atoms with E-state index in [0.717, 1.165) is 49.1 Å². The van der Waals surface area contributed by atoms with E-state index in [2.05, 4.69) is 21.9 Å². The summed E-state index contributed by atoms with van der Waals surface area (Å²) in [5, 5.41) is 8.13. The van der Waals surface area contributed by atoms with Gasteiger partial charge >= 0.3 is 0 Å². The summed E-state index contributed by atoms with van der Waals surface area (Å²) >= 11 is 5.96. The fourth-order valence-electron chi connectivity index (χ4n) is 3.07. The summed E-state index contributed by atoms with van der Waals surface area (Å²) in [5.74, 6) is 1.43. The van der Waals surface area contributed by atoms with Crippen molar-refractivity contribution < 1.29 is 9.47 Å². The summed E-state index contributed by atoms with van der Waals surface area (Å²) in [5.41, 5.74) is 1.97. The molecule has 1 saturated heterocycles. The molecule has 5 nitrogen and oxygen atoms in total. The standard InChI is InChI=1S/C20H24ClN3O2/c1-25-20-14-19(7-2-16(20)15-22)26-13-12-23-8-10-24(11-9-23)18-5-3-17(21)4-6-18/h2-7,14-15,22H,8-13H2,1H3. The molecule has 0 spiro atoms. The van der Waals surface area contributed by atoms with Gasteiger partial charge in [-0.1, -0.05) is 11.6 Å². The van der Waals surface area contributed by atoms with E-state index >= 15 is 0 Å². The monoisotopic (exact) mass is 373 g/mol. The van der Waals surface area contributed by atoms with Gasteiger partial charge in [0.2, 0.25) is 0 Å². The van der Waals surface area contributed by atoms with Crippen molar-refractivity contribution in [2.24, 2.45) is 0 Å². The molecule has 1 fully saturated rings. The molecular weight excluding hydrogens is 350 g/mol. The highest BCUT2D eigenvalue weighted by Gasteiger charge is 2.17. The molecule has 1 heterocycles. The van der Waals surface area contributed by atoms with Gasteiger partial charge in [0.25, 0.3) is 0 Å². The number of piperazine rings is 1. The largest absolute Gasteiger partial charge is 0.496 e. The maximum Gasteiger partial charge on any atom is 0.131 e. The number of rotatable bonds is 7. The summed E-state index contributed by atoms with van der Waals surface area (Å²) in [6.45, 7) is 5.56. The van der Waals surface area contributed by atoms with Crippen LogP contribution in [0.15, 0.2) is 42.5 Å². The average molecular weight is 374 g/mol. The second-order valence-corrected chi connectivity index (χ2v) is 6.64. The van der Waals surface area contributed by atoms with Crippen LogP contribution in [0.4, 0.5) is 5.69 Å². The van der Waals surface area contributed by atoms with Crippen LogP contribution in [0.1, 0.15) is 5.56 Å². The molecule has 0 unspecified atom stereocenters. The number of nitrogens with one attached hydrogen (secondary N) is 1. The fraction of sp³-hybridized carbons (Fsp3) is 0.350. The Bertz CT molecular complexity index is 728. The van der Waals surface area contributed by atoms with Crippen molar-refractivity contribution in [1.82, 2.24) is 4.90 Å². The number of ether oxygens (including phenoxy) is 2. The summed E-state index contributed by atoms with van der Waals surface area (Å²) in [7, 11) is 1.60. The van der Waals surface area contributed by atoms with Crippen LogP contribution in [0.2, 0.25) is 5.02 Å². The van der Waals surface area contributed by atoms with Gasteiger partial charge in [0.1, 0.15) is 18.1 Å². The zero-order chi connectivity index (χ0) is 18.4. The van der Waals surface area contributed by atoms with Gasteiger partial charge in [-0.15, -0.1) is 0 Å². The Hall–Kier alpha value is -2.24. The van der Waals surface area contributed by atoms with Gasteiger partial charge in [-0.2, -0.15) is 0 Å². The molecule has 1 aliphatic heterocycles. The molecule has 0 aliphatic carbocycles. The minimum absolute atomic E-state index is 0.633. The first-order valence-electron chi connectivity index (χ1n) is 8.74. The number of anilines is 1. The van der Waals surface area contributed by atoms with Gasteiger partial charge in [0.05, 0.1) is 7.11 Å². The Morgan fingerprint density at radius 1 is 1.08 bits per heavy atom. The van der Waals surface area contributed by atoms with E-state index in [-0.39, 0.29) is 0 Å². The van der Waals surface area contributed by atoms with Crippen molar-refractivity contribution in [3.8, 4) is 11.5 Å². The molecule has 0 bridgehead atoms. The molecule has 0 amide bonds. The molecule has 26 heavy (non-hydrogen) atoms. The molecule has 0 radical (unpaired) electrons. The third-order valence-electron chi connectivity index (χ3n) is 4.60. The topological polar surface area (TPSA) is 48.8 Å². The summed E-state index contributed by atoms with van der Waals surface area (Å²) < 4.78 is 11.1. The quantitative estimate of drug-likeness (QED) is 0.754. The molecule has 138 valence electrons. The molecule has 1 N–H and O–H groups in total. The Kier molecular flexibility index (Phi) is 6.36. The predicted octanol–water partition coefficient (Wildman–Crippen LogP) is 3.55. The van der Waals surface area contributed by atoms with Gasteiger partial charge in [0.15, 0.2) is 0 Å². The van der Waals surface area contributed by atoms with Crippen LogP contribution in [-0.2, 0) is 0 Å². The molecule has 3 rings (SSSR count).